The second-order valence-electron chi connectivity index (χ2n) is 8.71. The van der Waals surface area contributed by atoms with Crippen LogP contribution in [0.1, 0.15) is 53.2 Å². The highest BCUT2D eigenvalue weighted by atomic mass is 19.3. The number of alkyl halides is 2. The Morgan fingerprint density at radius 2 is 1.86 bits per heavy atom. The number of hydrazine groups is 1. The van der Waals surface area contributed by atoms with Gasteiger partial charge in [-0.05, 0) is 63.6 Å². The Balaban J connectivity index is 1.87. The Morgan fingerprint density at radius 3 is 2.57 bits per heavy atom. The van der Waals surface area contributed by atoms with E-state index in [0.29, 0.717) is 27.9 Å². The van der Waals surface area contributed by atoms with Crippen LogP contribution >= 0.6 is 0 Å². The molecule has 1 aromatic carbocycles. The van der Waals surface area contributed by atoms with Crippen LogP contribution in [0.4, 0.5) is 14.5 Å². The molecule has 0 bridgehead atoms. The van der Waals surface area contributed by atoms with Gasteiger partial charge in [0.25, 0.3) is 6.43 Å². The average molecular weight is 508 g/mol. The summed E-state index contributed by atoms with van der Waals surface area (Å²) in [6.45, 7) is 7.19. The number of anilines is 1. The summed E-state index contributed by atoms with van der Waals surface area (Å²) < 4.78 is 32.8. The second-order valence-corrected chi connectivity index (χ2v) is 8.71. The minimum absolute atomic E-state index is 0.0874. The van der Waals surface area contributed by atoms with Crippen LogP contribution in [-0.2, 0) is 0 Å². The number of nitrogens with two attached hydrogens (primary N) is 2. The number of hydrogen-bond donors (Lipinski definition) is 4. The number of aryl methyl sites for hydroxylation is 2. The molecular weight excluding hydrogens is 480 g/mol. The SMILES string of the molecule is Cc1cc(C(C)Nc2ccc(C)nc2/C(N)=N/NN)c2oc(-c3cccc(C(F)F)n3)c(C)c(=O)c2c1. The first-order valence-corrected chi connectivity index (χ1v) is 11.5. The lowest BCUT2D eigenvalue weighted by Crippen LogP contribution is -2.25. The summed E-state index contributed by atoms with van der Waals surface area (Å²) in [5.74, 6) is 5.51. The summed E-state index contributed by atoms with van der Waals surface area (Å²) in [6, 6.07) is 11.1. The van der Waals surface area contributed by atoms with Gasteiger partial charge in [-0.25, -0.2) is 30.1 Å². The molecule has 6 N–H and O–H groups in total. The van der Waals surface area contributed by atoms with Gasteiger partial charge in [0.1, 0.15) is 22.7 Å². The number of aromatic nitrogens is 2. The monoisotopic (exact) mass is 507 g/mol. The van der Waals surface area contributed by atoms with Crippen molar-refractivity contribution >= 4 is 22.5 Å². The van der Waals surface area contributed by atoms with Gasteiger partial charge >= 0.3 is 0 Å². The standard InChI is InChI=1S/C26H27F2N7O2/c1-12-10-16(15(4)32-18-9-8-13(2)31-21(18)26(29)34-35-30)24-17(11-12)22(36)14(3)23(37-24)19-6-5-7-20(33-19)25(27)28/h5-11,15,25,32,35H,30H2,1-4H3,(H2,29,34). The Kier molecular flexibility index (Phi) is 7.16. The predicted molar refractivity (Wildman–Crippen MR) is 139 cm³/mol. The lowest BCUT2D eigenvalue weighted by atomic mass is 9.99. The van der Waals surface area contributed by atoms with Gasteiger partial charge in [0.15, 0.2) is 17.0 Å². The van der Waals surface area contributed by atoms with E-state index < -0.39 is 12.1 Å². The molecule has 0 aliphatic heterocycles. The summed E-state index contributed by atoms with van der Waals surface area (Å²) in [6.07, 6.45) is -2.75. The quantitative estimate of drug-likeness (QED) is 0.125. The van der Waals surface area contributed by atoms with Gasteiger partial charge < -0.3 is 15.5 Å². The number of rotatable bonds is 7. The van der Waals surface area contributed by atoms with Gasteiger partial charge in [0.05, 0.1) is 17.1 Å². The number of nitrogens with one attached hydrogen (secondary N) is 2. The summed E-state index contributed by atoms with van der Waals surface area (Å²) in [5, 5.41) is 7.57. The highest BCUT2D eigenvalue weighted by Gasteiger charge is 2.21. The topological polar surface area (TPSA) is 144 Å². The van der Waals surface area contributed by atoms with Crippen molar-refractivity contribution in [3.8, 4) is 11.5 Å². The molecule has 9 nitrogen and oxygen atoms in total. The fraction of sp³-hybridized carbons (Fsp3) is 0.231. The van der Waals surface area contributed by atoms with Crippen LogP contribution in [0.5, 0.6) is 0 Å². The molecule has 11 heteroatoms. The Labute approximate surface area is 211 Å². The molecule has 0 aliphatic rings. The molecule has 1 unspecified atom stereocenters. The molecule has 0 saturated heterocycles. The van der Waals surface area contributed by atoms with E-state index in [1.165, 1.54) is 18.2 Å². The molecule has 4 rings (SSSR count). The first-order valence-electron chi connectivity index (χ1n) is 11.5. The van der Waals surface area contributed by atoms with Gasteiger partial charge in [0.2, 0.25) is 0 Å². The number of benzene rings is 1. The normalized spacial score (nSPS) is 12.7. The first-order chi connectivity index (χ1) is 17.6. The number of hydrogen-bond acceptors (Lipinski definition) is 8. The maximum absolute atomic E-state index is 13.4. The molecule has 0 aliphatic carbocycles. The molecule has 0 radical (unpaired) electrons. The van der Waals surface area contributed by atoms with E-state index in [0.717, 1.165) is 11.3 Å². The van der Waals surface area contributed by atoms with E-state index >= 15 is 0 Å². The van der Waals surface area contributed by atoms with E-state index in [9.17, 15) is 13.6 Å². The molecule has 0 fully saturated rings. The maximum atomic E-state index is 13.4. The number of fused-ring (bicyclic) bond motifs is 1. The number of nitrogens with zero attached hydrogens (tertiary/aromatic N) is 3. The largest absolute Gasteiger partial charge is 0.454 e. The Morgan fingerprint density at radius 1 is 1.11 bits per heavy atom. The minimum atomic E-state index is -2.75. The smallest absolute Gasteiger partial charge is 0.280 e. The molecular formula is C26H27F2N7O2. The van der Waals surface area contributed by atoms with Crippen LogP contribution in [0.15, 0.2) is 56.8 Å². The predicted octanol–water partition coefficient (Wildman–Crippen LogP) is 4.37. The fourth-order valence-electron chi connectivity index (χ4n) is 4.13. The first kappa shape index (κ1) is 25.7. The van der Waals surface area contributed by atoms with Gasteiger partial charge in [-0.1, -0.05) is 12.1 Å². The van der Waals surface area contributed by atoms with Crippen LogP contribution in [0, 0.1) is 20.8 Å². The van der Waals surface area contributed by atoms with Crippen LogP contribution in [0.2, 0.25) is 0 Å². The molecule has 0 spiro atoms. The molecule has 0 saturated carbocycles. The van der Waals surface area contributed by atoms with Crippen LogP contribution in [-0.4, -0.2) is 15.8 Å². The Bertz CT molecular complexity index is 1570. The fourth-order valence-corrected chi connectivity index (χ4v) is 4.13. The summed E-state index contributed by atoms with van der Waals surface area (Å²) in [7, 11) is 0. The van der Waals surface area contributed by atoms with Crippen molar-refractivity contribution in [3.05, 3.63) is 86.5 Å². The van der Waals surface area contributed by atoms with Crippen LogP contribution in [0.3, 0.4) is 0 Å². The summed E-state index contributed by atoms with van der Waals surface area (Å²) >= 11 is 0. The van der Waals surface area contributed by atoms with Crippen molar-refractivity contribution < 1.29 is 13.2 Å². The van der Waals surface area contributed by atoms with Gasteiger partial charge in [-0.15, -0.1) is 5.10 Å². The third-order valence-corrected chi connectivity index (χ3v) is 5.92. The van der Waals surface area contributed by atoms with Crippen molar-refractivity contribution in [2.75, 3.05) is 5.32 Å². The van der Waals surface area contributed by atoms with E-state index in [2.05, 4.69) is 25.9 Å². The third kappa shape index (κ3) is 5.12. The van der Waals surface area contributed by atoms with Crippen molar-refractivity contribution in [2.24, 2.45) is 16.7 Å². The summed E-state index contributed by atoms with van der Waals surface area (Å²) in [4.78, 5) is 21.8. The number of hydrazone groups is 1. The van der Waals surface area contributed by atoms with Crippen molar-refractivity contribution in [1.29, 1.82) is 0 Å². The highest BCUT2D eigenvalue weighted by Crippen LogP contribution is 2.32. The molecule has 3 heterocycles. The Hall–Kier alpha value is -4.38. The molecule has 3 aromatic heterocycles. The van der Waals surface area contributed by atoms with E-state index in [4.69, 9.17) is 16.0 Å². The number of amidine groups is 1. The van der Waals surface area contributed by atoms with E-state index in [-0.39, 0.29) is 34.3 Å². The summed E-state index contributed by atoms with van der Waals surface area (Å²) in [5.41, 5.74) is 11.6. The van der Waals surface area contributed by atoms with Crippen molar-refractivity contribution in [3.63, 3.8) is 0 Å². The zero-order chi connectivity index (χ0) is 26.9. The molecule has 0 amide bonds. The third-order valence-electron chi connectivity index (χ3n) is 5.92. The lowest BCUT2D eigenvalue weighted by Gasteiger charge is -2.20. The lowest BCUT2D eigenvalue weighted by molar-refractivity contribution is 0.146. The second kappa shape index (κ2) is 10.3. The van der Waals surface area contributed by atoms with Crippen molar-refractivity contribution in [1.82, 2.24) is 15.5 Å². The van der Waals surface area contributed by atoms with E-state index in [1.54, 1.807) is 13.0 Å². The van der Waals surface area contributed by atoms with Gasteiger partial charge in [-0.3, -0.25) is 4.79 Å². The molecule has 4 aromatic rings. The van der Waals surface area contributed by atoms with Gasteiger partial charge in [-0.2, -0.15) is 0 Å². The van der Waals surface area contributed by atoms with Gasteiger partial charge in [0, 0.05) is 16.8 Å². The van der Waals surface area contributed by atoms with Crippen molar-refractivity contribution in [2.45, 2.75) is 40.2 Å². The zero-order valence-corrected chi connectivity index (χ0v) is 20.8. The molecule has 37 heavy (non-hydrogen) atoms. The van der Waals surface area contributed by atoms with Crippen LogP contribution < -0.4 is 27.9 Å². The zero-order valence-electron chi connectivity index (χ0n) is 20.8. The minimum Gasteiger partial charge on any atom is -0.454 e. The number of halogens is 2. The number of pyridine rings is 2. The molecule has 192 valence electrons. The van der Waals surface area contributed by atoms with E-state index in [1.807, 2.05) is 39.0 Å². The highest BCUT2D eigenvalue weighted by molar-refractivity contribution is 6.00. The average Bonchev–Trinajstić information content (AvgIpc) is 2.87. The molecule has 1 atom stereocenters. The maximum Gasteiger partial charge on any atom is 0.280 e. The van der Waals surface area contributed by atoms with Crippen LogP contribution in [0.25, 0.3) is 22.4 Å².